The lowest BCUT2D eigenvalue weighted by Crippen LogP contribution is -2.32. The van der Waals surface area contributed by atoms with Crippen LogP contribution >= 0.6 is 0 Å². The molecule has 0 rings (SSSR count). The Labute approximate surface area is 98.9 Å². The van der Waals surface area contributed by atoms with Crippen molar-refractivity contribution < 1.29 is 31.3 Å². The van der Waals surface area contributed by atoms with Crippen LogP contribution in [0.5, 0.6) is 0 Å². The van der Waals surface area contributed by atoms with Gasteiger partial charge in [0.05, 0.1) is 18.4 Å². The third-order valence-corrected chi connectivity index (χ3v) is 3.36. The van der Waals surface area contributed by atoms with Crippen LogP contribution in [0.3, 0.4) is 0 Å². The van der Waals surface area contributed by atoms with Crippen molar-refractivity contribution in [1.29, 1.82) is 0 Å². The van der Waals surface area contributed by atoms with Crippen molar-refractivity contribution in [3.63, 3.8) is 0 Å². The fraction of sp³-hybridized carbons (Fsp3) is 0.889. The highest BCUT2D eigenvalue weighted by Crippen LogP contribution is 2.26. The zero-order valence-electron chi connectivity index (χ0n) is 9.83. The molecule has 0 aromatic rings. The first-order valence-electron chi connectivity index (χ1n) is 4.94. The van der Waals surface area contributed by atoms with Crippen LogP contribution in [-0.4, -0.2) is 30.8 Å². The van der Waals surface area contributed by atoms with Crippen LogP contribution in [0.2, 0.25) is 0 Å². The summed E-state index contributed by atoms with van der Waals surface area (Å²) in [5, 5.41) is -4.41. The molecule has 0 amide bonds. The molecule has 0 aliphatic carbocycles. The second-order valence-corrected chi connectivity index (χ2v) is 5.72. The van der Waals surface area contributed by atoms with Crippen LogP contribution in [0.4, 0.5) is 8.78 Å². The van der Waals surface area contributed by atoms with Gasteiger partial charge in [-0.25, -0.2) is 8.42 Å². The number of hydrogen-bond acceptors (Lipinski definition) is 5. The minimum atomic E-state index is -5.72. The maximum absolute atomic E-state index is 12.7. The molecule has 0 saturated carbocycles. The molecule has 0 aliphatic heterocycles. The van der Waals surface area contributed by atoms with Crippen LogP contribution < -0.4 is 0 Å². The monoisotopic (exact) mass is 273 g/mol. The lowest BCUT2D eigenvalue weighted by Gasteiger charge is -2.22. The molecule has 0 unspecified atom stereocenters. The van der Waals surface area contributed by atoms with E-state index in [4.69, 9.17) is 0 Å². The summed E-state index contributed by atoms with van der Waals surface area (Å²) in [6.45, 7) is 4.05. The van der Waals surface area contributed by atoms with Crippen molar-refractivity contribution in [3.05, 3.63) is 0 Å². The van der Waals surface area contributed by atoms with Gasteiger partial charge in [0.25, 0.3) is 0 Å². The Balaban J connectivity index is 4.32. The van der Waals surface area contributed by atoms with Gasteiger partial charge >= 0.3 is 11.2 Å². The fourth-order valence-corrected chi connectivity index (χ4v) is 1.06. The molecule has 0 radical (unpaired) electrons. The highest BCUT2D eigenvalue weighted by molar-refractivity contribution is 7.86. The summed E-state index contributed by atoms with van der Waals surface area (Å²) < 4.78 is 60.2. The lowest BCUT2D eigenvalue weighted by molar-refractivity contribution is -0.155. The molecule has 17 heavy (non-hydrogen) atoms. The quantitative estimate of drug-likeness (QED) is 0.541. The Bertz CT molecular complexity index is 375. The van der Waals surface area contributed by atoms with E-state index in [1.54, 1.807) is 20.8 Å². The highest BCUT2D eigenvalue weighted by Gasteiger charge is 2.38. The SMILES string of the molecule is CCC(C)(C)C(=O)OCCC(F)(F)S(=O)(=O)[O-]. The van der Waals surface area contributed by atoms with Crippen LogP contribution in [0.15, 0.2) is 0 Å². The van der Waals surface area contributed by atoms with E-state index in [1.807, 2.05) is 0 Å². The van der Waals surface area contributed by atoms with Gasteiger partial charge < -0.3 is 9.29 Å². The van der Waals surface area contributed by atoms with Crippen molar-refractivity contribution in [3.8, 4) is 0 Å². The smallest absolute Gasteiger partial charge is 0.337 e. The second-order valence-electron chi connectivity index (χ2n) is 4.21. The molecular formula is C9H15F2O5S-. The van der Waals surface area contributed by atoms with Gasteiger partial charge in [0.15, 0.2) is 10.1 Å². The first kappa shape index (κ1) is 16.2. The summed E-state index contributed by atoms with van der Waals surface area (Å²) in [7, 11) is -5.72. The molecule has 0 N–H and O–H groups in total. The zero-order chi connectivity index (χ0) is 13.9. The summed E-state index contributed by atoms with van der Waals surface area (Å²) >= 11 is 0. The Morgan fingerprint density at radius 3 is 2.18 bits per heavy atom. The van der Waals surface area contributed by atoms with E-state index >= 15 is 0 Å². The number of rotatable bonds is 6. The Hall–Kier alpha value is -0.760. The molecule has 0 atom stereocenters. The fourth-order valence-electron chi connectivity index (χ4n) is 0.727. The summed E-state index contributed by atoms with van der Waals surface area (Å²) in [5.41, 5.74) is -0.828. The van der Waals surface area contributed by atoms with Crippen LogP contribution in [0.25, 0.3) is 0 Å². The third kappa shape index (κ3) is 4.55. The van der Waals surface area contributed by atoms with Gasteiger partial charge in [-0.05, 0) is 20.3 Å². The molecule has 8 heteroatoms. The van der Waals surface area contributed by atoms with Gasteiger partial charge in [0.1, 0.15) is 0 Å². The average Bonchev–Trinajstić information content (AvgIpc) is 2.15. The van der Waals surface area contributed by atoms with Crippen LogP contribution in [0.1, 0.15) is 33.6 Å². The number of alkyl halides is 2. The molecule has 0 saturated heterocycles. The number of halogens is 2. The van der Waals surface area contributed by atoms with Gasteiger partial charge in [-0.2, -0.15) is 8.78 Å². The molecule has 0 aromatic heterocycles. The molecule has 0 heterocycles. The summed E-state index contributed by atoms with van der Waals surface area (Å²) in [6.07, 6.45) is -0.882. The second kappa shape index (κ2) is 5.26. The molecule has 5 nitrogen and oxygen atoms in total. The number of ether oxygens (including phenoxy) is 1. The van der Waals surface area contributed by atoms with Crippen LogP contribution in [0, 0.1) is 5.41 Å². The summed E-state index contributed by atoms with van der Waals surface area (Å²) in [5.74, 6) is -0.709. The molecule has 0 aromatic carbocycles. The maximum atomic E-state index is 12.7. The number of hydrogen-bond donors (Lipinski definition) is 0. The number of esters is 1. The van der Waals surface area contributed by atoms with E-state index in [2.05, 4.69) is 4.74 Å². The normalized spacial score (nSPS) is 13.5. The third-order valence-electron chi connectivity index (χ3n) is 2.43. The highest BCUT2D eigenvalue weighted by atomic mass is 32.2. The van der Waals surface area contributed by atoms with Crippen LogP contribution in [-0.2, 0) is 19.6 Å². The molecular weight excluding hydrogens is 258 g/mol. The minimum Gasteiger partial charge on any atom is -0.743 e. The zero-order valence-corrected chi connectivity index (χ0v) is 10.6. The maximum Gasteiger partial charge on any atom is 0.337 e. The number of carbonyl (C=O) groups is 1. The Morgan fingerprint density at radius 1 is 1.35 bits per heavy atom. The molecule has 0 fully saturated rings. The molecule has 0 aliphatic rings. The van der Waals surface area contributed by atoms with Gasteiger partial charge in [-0.1, -0.05) is 6.92 Å². The van der Waals surface area contributed by atoms with Crippen molar-refractivity contribution in [2.75, 3.05) is 6.61 Å². The number of carbonyl (C=O) groups excluding carboxylic acids is 1. The Morgan fingerprint density at radius 2 is 1.82 bits per heavy atom. The average molecular weight is 273 g/mol. The van der Waals surface area contributed by atoms with Gasteiger partial charge in [-0.3, -0.25) is 4.79 Å². The summed E-state index contributed by atoms with van der Waals surface area (Å²) in [4.78, 5) is 11.3. The summed E-state index contributed by atoms with van der Waals surface area (Å²) in [6, 6.07) is 0. The standard InChI is InChI=1S/C9H16F2O5S/c1-4-8(2,3)7(12)16-6-5-9(10,11)17(13,14)15/h4-6H2,1-3H3,(H,13,14,15)/p-1. The predicted molar refractivity (Wildman–Crippen MR) is 54.3 cm³/mol. The van der Waals surface area contributed by atoms with Gasteiger partial charge in [0, 0.05) is 0 Å². The van der Waals surface area contributed by atoms with E-state index in [-0.39, 0.29) is 0 Å². The van der Waals surface area contributed by atoms with Crippen molar-refractivity contribution in [1.82, 2.24) is 0 Å². The molecule has 0 spiro atoms. The first-order chi connectivity index (χ1) is 7.44. The van der Waals surface area contributed by atoms with E-state index in [9.17, 15) is 26.5 Å². The first-order valence-corrected chi connectivity index (χ1v) is 6.35. The predicted octanol–water partition coefficient (Wildman–Crippen LogP) is 1.49. The largest absolute Gasteiger partial charge is 0.743 e. The van der Waals surface area contributed by atoms with Crippen molar-refractivity contribution in [2.45, 2.75) is 38.9 Å². The van der Waals surface area contributed by atoms with E-state index in [0.29, 0.717) is 6.42 Å². The van der Waals surface area contributed by atoms with E-state index in [1.165, 1.54) is 0 Å². The lowest BCUT2D eigenvalue weighted by atomic mass is 9.91. The van der Waals surface area contributed by atoms with Crippen molar-refractivity contribution in [2.24, 2.45) is 5.41 Å². The molecule has 102 valence electrons. The topological polar surface area (TPSA) is 83.5 Å². The van der Waals surface area contributed by atoms with Gasteiger partial charge in [-0.15, -0.1) is 0 Å². The Kier molecular flexibility index (Phi) is 5.02. The van der Waals surface area contributed by atoms with E-state index in [0.717, 1.165) is 0 Å². The van der Waals surface area contributed by atoms with E-state index < -0.39 is 39.8 Å². The van der Waals surface area contributed by atoms with Crippen molar-refractivity contribution >= 4 is 16.1 Å². The minimum absolute atomic E-state index is 0.447. The van der Waals surface area contributed by atoms with Gasteiger partial charge in [0.2, 0.25) is 0 Å². The molecule has 0 bridgehead atoms.